The number of hydrogen-bond acceptors (Lipinski definition) is 5. The smallest absolute Gasteiger partial charge is 0.255 e. The Balaban J connectivity index is 1.60. The normalized spacial score (nSPS) is 13.4. The van der Waals surface area contributed by atoms with Gasteiger partial charge >= 0.3 is 0 Å². The van der Waals surface area contributed by atoms with Gasteiger partial charge in [0.15, 0.2) is 11.5 Å². The largest absolute Gasteiger partial charge is 0.493 e. The summed E-state index contributed by atoms with van der Waals surface area (Å²) < 4.78 is 15.9. The topological polar surface area (TPSA) is 85.5 Å². The zero-order chi connectivity index (χ0) is 19.0. The van der Waals surface area contributed by atoms with Crippen molar-refractivity contribution in [3.63, 3.8) is 0 Å². The second-order valence-corrected chi connectivity index (χ2v) is 6.50. The molecule has 0 saturated heterocycles. The summed E-state index contributed by atoms with van der Waals surface area (Å²) in [6.45, 7) is 0. The summed E-state index contributed by atoms with van der Waals surface area (Å²) in [5, 5.41) is 2.91. The van der Waals surface area contributed by atoms with E-state index in [1.165, 1.54) is 34.2 Å². The summed E-state index contributed by atoms with van der Waals surface area (Å²) in [7, 11) is 4.56. The number of anilines is 1. The van der Waals surface area contributed by atoms with Gasteiger partial charge in [0.2, 0.25) is 5.75 Å². The van der Waals surface area contributed by atoms with Crippen molar-refractivity contribution in [3.8, 4) is 17.2 Å². The minimum atomic E-state index is -0.268. The van der Waals surface area contributed by atoms with Gasteiger partial charge in [-0.1, -0.05) is 0 Å². The van der Waals surface area contributed by atoms with Crippen LogP contribution in [0.2, 0.25) is 0 Å². The second kappa shape index (κ2) is 6.83. The van der Waals surface area contributed by atoms with E-state index in [-0.39, 0.29) is 5.91 Å². The molecule has 4 rings (SSSR count). The maximum Gasteiger partial charge on any atom is 0.255 e. The molecule has 27 heavy (non-hydrogen) atoms. The molecule has 1 fully saturated rings. The van der Waals surface area contributed by atoms with Crippen molar-refractivity contribution in [2.45, 2.75) is 18.8 Å². The Hall–Kier alpha value is -3.22. The van der Waals surface area contributed by atoms with Crippen molar-refractivity contribution in [2.24, 2.45) is 0 Å². The molecule has 0 aliphatic heterocycles. The van der Waals surface area contributed by atoms with Crippen molar-refractivity contribution in [1.82, 2.24) is 9.97 Å². The quantitative estimate of drug-likeness (QED) is 0.694. The highest BCUT2D eigenvalue weighted by atomic mass is 16.5. The molecular formula is C20H21N3O4. The van der Waals surface area contributed by atoms with E-state index in [2.05, 4.69) is 15.3 Å². The fourth-order valence-corrected chi connectivity index (χ4v) is 3.07. The van der Waals surface area contributed by atoms with Gasteiger partial charge in [-0.3, -0.25) is 4.79 Å². The second-order valence-electron chi connectivity index (χ2n) is 6.50. The summed E-state index contributed by atoms with van der Waals surface area (Å²) in [4.78, 5) is 20.7. The number of carbonyl (C=O) groups is 1. The maximum absolute atomic E-state index is 12.7. The van der Waals surface area contributed by atoms with E-state index in [0.29, 0.717) is 34.4 Å². The minimum Gasteiger partial charge on any atom is -0.493 e. The fourth-order valence-electron chi connectivity index (χ4n) is 3.07. The van der Waals surface area contributed by atoms with Gasteiger partial charge in [-0.25, -0.2) is 4.98 Å². The molecule has 0 spiro atoms. The molecule has 0 unspecified atom stereocenters. The average Bonchev–Trinajstić information content (AvgIpc) is 3.46. The lowest BCUT2D eigenvalue weighted by molar-refractivity contribution is 0.102. The molecule has 3 aromatic rings. The molecule has 1 amide bonds. The van der Waals surface area contributed by atoms with Crippen molar-refractivity contribution < 1.29 is 19.0 Å². The Morgan fingerprint density at radius 2 is 1.78 bits per heavy atom. The molecule has 1 aliphatic rings. The van der Waals surface area contributed by atoms with Crippen LogP contribution in [-0.2, 0) is 0 Å². The number of H-pyrrole nitrogens is 1. The molecule has 2 aromatic carbocycles. The molecule has 1 heterocycles. The van der Waals surface area contributed by atoms with Crippen LogP contribution in [0.25, 0.3) is 11.0 Å². The highest BCUT2D eigenvalue weighted by molar-refractivity contribution is 6.05. The Labute approximate surface area is 156 Å². The first-order valence-electron chi connectivity index (χ1n) is 8.74. The number of imidazole rings is 1. The monoisotopic (exact) mass is 367 g/mol. The Bertz CT molecular complexity index is 983. The van der Waals surface area contributed by atoms with Gasteiger partial charge in [-0.2, -0.15) is 0 Å². The first-order chi connectivity index (χ1) is 13.1. The lowest BCUT2D eigenvalue weighted by Crippen LogP contribution is -2.12. The molecule has 1 saturated carbocycles. The fraction of sp³-hybridized carbons (Fsp3) is 0.300. The van der Waals surface area contributed by atoms with Gasteiger partial charge in [-0.15, -0.1) is 0 Å². The van der Waals surface area contributed by atoms with Crippen LogP contribution in [0.1, 0.15) is 34.9 Å². The Morgan fingerprint density at radius 3 is 2.37 bits per heavy atom. The van der Waals surface area contributed by atoms with E-state index in [0.717, 1.165) is 16.9 Å². The molecule has 1 aromatic heterocycles. The molecule has 0 radical (unpaired) electrons. The number of hydrogen-bond donors (Lipinski definition) is 2. The number of methoxy groups -OCH3 is 3. The number of fused-ring (bicyclic) bond motifs is 1. The van der Waals surface area contributed by atoms with Gasteiger partial charge in [0, 0.05) is 17.2 Å². The number of aromatic nitrogens is 2. The Morgan fingerprint density at radius 1 is 1.07 bits per heavy atom. The van der Waals surface area contributed by atoms with E-state index in [4.69, 9.17) is 14.2 Å². The van der Waals surface area contributed by atoms with E-state index < -0.39 is 0 Å². The third kappa shape index (κ3) is 3.28. The third-order valence-corrected chi connectivity index (χ3v) is 4.65. The van der Waals surface area contributed by atoms with Gasteiger partial charge < -0.3 is 24.5 Å². The highest BCUT2D eigenvalue weighted by Gasteiger charge is 2.26. The van der Waals surface area contributed by atoms with Crippen LogP contribution in [0, 0.1) is 0 Å². The van der Waals surface area contributed by atoms with Crippen LogP contribution in [-0.4, -0.2) is 37.2 Å². The molecule has 0 atom stereocenters. The van der Waals surface area contributed by atoms with Crippen molar-refractivity contribution in [3.05, 3.63) is 41.7 Å². The molecule has 1 aliphatic carbocycles. The third-order valence-electron chi connectivity index (χ3n) is 4.65. The highest BCUT2D eigenvalue weighted by Crippen LogP contribution is 2.40. The number of benzene rings is 2. The molecule has 7 heteroatoms. The molecule has 0 bridgehead atoms. The van der Waals surface area contributed by atoms with Gasteiger partial charge in [0.25, 0.3) is 5.91 Å². The predicted molar refractivity (Wildman–Crippen MR) is 102 cm³/mol. The van der Waals surface area contributed by atoms with Gasteiger partial charge in [0.05, 0.1) is 32.4 Å². The van der Waals surface area contributed by atoms with Crippen LogP contribution < -0.4 is 19.5 Å². The lowest BCUT2D eigenvalue weighted by atomic mass is 10.1. The SMILES string of the molecule is COc1cc(C(=O)Nc2ccc3nc(C4CC4)[nH]c3c2)cc(OC)c1OC. The number of rotatable bonds is 6. The van der Waals surface area contributed by atoms with Crippen LogP contribution in [0.4, 0.5) is 5.69 Å². The molecule has 2 N–H and O–H groups in total. The number of amides is 1. The van der Waals surface area contributed by atoms with Gasteiger partial charge in [0.1, 0.15) is 5.82 Å². The summed E-state index contributed by atoms with van der Waals surface area (Å²) in [6.07, 6.45) is 2.37. The van der Waals surface area contributed by atoms with E-state index in [9.17, 15) is 4.79 Å². The summed E-state index contributed by atoms with van der Waals surface area (Å²) >= 11 is 0. The number of ether oxygens (including phenoxy) is 3. The zero-order valence-electron chi connectivity index (χ0n) is 15.5. The molecule has 140 valence electrons. The van der Waals surface area contributed by atoms with Crippen LogP contribution in [0.5, 0.6) is 17.2 Å². The van der Waals surface area contributed by atoms with E-state index in [1.54, 1.807) is 12.1 Å². The zero-order valence-corrected chi connectivity index (χ0v) is 15.5. The number of carbonyl (C=O) groups excluding carboxylic acids is 1. The molecular weight excluding hydrogens is 346 g/mol. The number of aromatic amines is 1. The first-order valence-corrected chi connectivity index (χ1v) is 8.74. The van der Waals surface area contributed by atoms with E-state index in [1.807, 2.05) is 18.2 Å². The summed E-state index contributed by atoms with van der Waals surface area (Å²) in [6, 6.07) is 8.88. The first kappa shape index (κ1) is 17.2. The van der Waals surface area contributed by atoms with Crippen LogP contribution in [0.3, 0.4) is 0 Å². The van der Waals surface area contributed by atoms with Crippen molar-refractivity contribution >= 4 is 22.6 Å². The van der Waals surface area contributed by atoms with E-state index >= 15 is 0 Å². The van der Waals surface area contributed by atoms with Crippen molar-refractivity contribution in [1.29, 1.82) is 0 Å². The molecule has 7 nitrogen and oxygen atoms in total. The maximum atomic E-state index is 12.7. The lowest BCUT2D eigenvalue weighted by Gasteiger charge is -2.14. The average molecular weight is 367 g/mol. The Kier molecular flexibility index (Phi) is 4.35. The number of nitrogens with zero attached hydrogens (tertiary/aromatic N) is 1. The van der Waals surface area contributed by atoms with Crippen molar-refractivity contribution in [2.75, 3.05) is 26.6 Å². The predicted octanol–water partition coefficient (Wildman–Crippen LogP) is 3.72. The summed E-state index contributed by atoms with van der Waals surface area (Å²) in [5.41, 5.74) is 2.92. The minimum absolute atomic E-state index is 0.268. The standard InChI is InChI=1S/C20H21N3O4/c1-25-16-8-12(9-17(26-2)18(16)27-3)20(24)21-13-6-7-14-15(10-13)23-19(22-14)11-4-5-11/h6-11H,4-5H2,1-3H3,(H,21,24)(H,22,23). The number of nitrogens with one attached hydrogen (secondary N) is 2. The van der Waals surface area contributed by atoms with Crippen LogP contribution >= 0.6 is 0 Å². The van der Waals surface area contributed by atoms with Crippen LogP contribution in [0.15, 0.2) is 30.3 Å². The van der Waals surface area contributed by atoms with Gasteiger partial charge in [-0.05, 0) is 43.2 Å². The summed E-state index contributed by atoms with van der Waals surface area (Å²) in [5.74, 6) is 2.62.